The Morgan fingerprint density at radius 1 is 0.797 bits per heavy atom. The number of benzene rings is 3. The molecule has 2 saturated heterocycles. The Hall–Kier alpha value is -4.59. The zero-order chi connectivity index (χ0) is 41.0. The molecule has 2 aliphatic heterocycles. The minimum atomic E-state index is -0.491. The molecule has 2 aliphatic rings. The van der Waals surface area contributed by atoms with Gasteiger partial charge in [-0.05, 0) is 99.3 Å². The molecule has 5 aromatic rings. The molecule has 2 fully saturated rings. The van der Waals surface area contributed by atoms with Gasteiger partial charge in [0, 0.05) is 67.6 Å². The highest BCUT2D eigenvalue weighted by atomic mass is 35.5. The molecule has 0 bridgehead atoms. The number of methoxy groups -OCH3 is 1. The van der Waals surface area contributed by atoms with Crippen molar-refractivity contribution in [3.63, 3.8) is 0 Å². The number of nitrogens with zero attached hydrogens (tertiary/aromatic N) is 6. The van der Waals surface area contributed by atoms with E-state index in [9.17, 15) is 4.79 Å². The number of nitrogens with one attached hydrogen (secondary N) is 3. The number of hydrogen-bond donors (Lipinski definition) is 3. The third-order valence-corrected chi connectivity index (χ3v) is 11.8. The van der Waals surface area contributed by atoms with Crippen LogP contribution in [0.5, 0.6) is 11.5 Å². The van der Waals surface area contributed by atoms with Crippen molar-refractivity contribution in [2.45, 2.75) is 45.1 Å². The predicted molar refractivity (Wildman–Crippen MR) is 240 cm³/mol. The lowest BCUT2D eigenvalue weighted by atomic mass is 9.95. The molecule has 312 valence electrons. The molecule has 0 atom stereocenters. The number of pyridine rings is 1. The highest BCUT2D eigenvalue weighted by Crippen LogP contribution is 2.35. The smallest absolute Gasteiger partial charge is 0.323 e. The van der Waals surface area contributed by atoms with E-state index in [0.717, 1.165) is 67.2 Å². The van der Waals surface area contributed by atoms with Crippen LogP contribution in [0.1, 0.15) is 44.1 Å². The van der Waals surface area contributed by atoms with Crippen molar-refractivity contribution in [3.8, 4) is 11.5 Å². The van der Waals surface area contributed by atoms with E-state index in [-0.39, 0.29) is 15.7 Å². The summed E-state index contributed by atoms with van der Waals surface area (Å²) in [5.74, 6) is 3.86. The predicted octanol–water partition coefficient (Wildman–Crippen LogP) is 9.72. The van der Waals surface area contributed by atoms with E-state index >= 15 is 0 Å². The van der Waals surface area contributed by atoms with Crippen LogP contribution in [0.3, 0.4) is 0 Å². The average Bonchev–Trinajstić information content (AvgIpc) is 3.25. The molecular weight excluding hydrogens is 809 g/mol. The van der Waals surface area contributed by atoms with Crippen molar-refractivity contribution in [3.05, 3.63) is 99.9 Å². The molecule has 7 rings (SSSR count). The summed E-state index contributed by atoms with van der Waals surface area (Å²) >= 11 is 18.5. The van der Waals surface area contributed by atoms with Crippen molar-refractivity contribution in [1.29, 1.82) is 0 Å². The van der Waals surface area contributed by atoms with Crippen LogP contribution in [0.2, 0.25) is 15.1 Å². The first-order valence-electron chi connectivity index (χ1n) is 20.4. The fourth-order valence-corrected chi connectivity index (χ4v) is 8.70. The second-order valence-corrected chi connectivity index (χ2v) is 16.4. The van der Waals surface area contributed by atoms with Gasteiger partial charge in [-0.3, -0.25) is 4.90 Å². The lowest BCUT2D eigenvalue weighted by molar-refractivity contribution is 0.138. The molecule has 2 aromatic heterocycles. The number of unbranched alkanes of at least 4 members (excludes halogenated alkanes) is 3. The molecule has 3 aromatic carbocycles. The summed E-state index contributed by atoms with van der Waals surface area (Å²) in [6, 6.07) is 20.0. The first-order chi connectivity index (χ1) is 28.8. The Morgan fingerprint density at radius 3 is 2.36 bits per heavy atom. The first kappa shape index (κ1) is 42.5. The summed E-state index contributed by atoms with van der Waals surface area (Å²) in [4.78, 5) is 34.0. The number of urea groups is 1. The van der Waals surface area contributed by atoms with Crippen molar-refractivity contribution in [2.24, 2.45) is 5.92 Å². The van der Waals surface area contributed by atoms with Crippen molar-refractivity contribution >= 4 is 74.7 Å². The standard InChI is InChI=1S/C44H52Cl3N9O3/c1-58-39-27-38-35(43(51-30-50-38)49-28-32-9-8-10-34(23-32)52-44(57)53-42-36(46)24-33(45)25-37(42)47)26-40(39)59-22-7-3-2-6-15-54-16-12-31(13-17-54)29-55-18-20-56(21-19-55)41-11-4-5-14-48-41/h4-5,8-11,14,23-27,30-31H,2-3,6-7,12-13,15-22,28-29H2,1H3,(H,49,50,51)(H2,52,53,57). The lowest BCUT2D eigenvalue weighted by Crippen LogP contribution is -2.49. The highest BCUT2D eigenvalue weighted by molar-refractivity contribution is 6.42. The average molecular weight is 861 g/mol. The van der Waals surface area contributed by atoms with Gasteiger partial charge < -0.3 is 35.2 Å². The van der Waals surface area contributed by atoms with Crippen LogP contribution in [0.4, 0.5) is 27.8 Å². The van der Waals surface area contributed by atoms with Crippen LogP contribution in [0, 0.1) is 5.92 Å². The maximum atomic E-state index is 12.8. The minimum Gasteiger partial charge on any atom is -0.493 e. The molecular formula is C44H52Cl3N9O3. The SMILES string of the molecule is COc1cc2ncnc(NCc3cccc(NC(=O)Nc4c(Cl)cc(Cl)cc4Cl)c3)c2cc1OCCCCCCN1CCC(CN2CCN(c3ccccn3)CC2)CC1. The van der Waals surface area contributed by atoms with E-state index in [1.54, 1.807) is 13.2 Å². The molecule has 0 spiro atoms. The molecule has 59 heavy (non-hydrogen) atoms. The van der Waals surface area contributed by atoms with Gasteiger partial charge in [0.25, 0.3) is 0 Å². The number of fused-ring (bicyclic) bond motifs is 1. The lowest BCUT2D eigenvalue weighted by Gasteiger charge is -2.39. The van der Waals surface area contributed by atoms with Gasteiger partial charge in [-0.1, -0.05) is 65.8 Å². The summed E-state index contributed by atoms with van der Waals surface area (Å²) < 4.78 is 11.9. The summed E-state index contributed by atoms with van der Waals surface area (Å²) in [6.07, 6.45) is 10.5. The zero-order valence-electron chi connectivity index (χ0n) is 33.4. The molecule has 12 nitrogen and oxygen atoms in total. The topological polar surface area (TPSA) is 120 Å². The summed E-state index contributed by atoms with van der Waals surface area (Å²) in [5.41, 5.74) is 2.53. The Balaban J connectivity index is 0.814. The number of ether oxygens (including phenoxy) is 2. The van der Waals surface area contributed by atoms with Gasteiger partial charge >= 0.3 is 6.03 Å². The Morgan fingerprint density at radius 2 is 1.59 bits per heavy atom. The maximum absolute atomic E-state index is 12.8. The van der Waals surface area contributed by atoms with Gasteiger partial charge in [-0.15, -0.1) is 0 Å². The number of rotatable bonds is 17. The zero-order valence-corrected chi connectivity index (χ0v) is 35.7. The van der Waals surface area contributed by atoms with Crippen LogP contribution in [0.15, 0.2) is 79.3 Å². The Bertz CT molecular complexity index is 2130. The van der Waals surface area contributed by atoms with Gasteiger partial charge in [0.15, 0.2) is 11.5 Å². The van der Waals surface area contributed by atoms with Gasteiger partial charge in [-0.25, -0.2) is 19.7 Å². The number of likely N-dealkylation sites (tertiary alicyclic amines) is 1. The van der Waals surface area contributed by atoms with Crippen molar-refractivity contribution in [2.75, 3.05) is 86.9 Å². The van der Waals surface area contributed by atoms with Gasteiger partial charge in [0.05, 0.1) is 35.0 Å². The number of amides is 2. The van der Waals surface area contributed by atoms with E-state index in [1.807, 2.05) is 42.6 Å². The molecule has 0 aliphatic carbocycles. The number of carbonyl (C=O) groups is 1. The third-order valence-electron chi connectivity index (χ3n) is 11.0. The van der Waals surface area contributed by atoms with Gasteiger partial charge in [-0.2, -0.15) is 0 Å². The van der Waals surface area contributed by atoms with Crippen LogP contribution < -0.4 is 30.3 Å². The second-order valence-electron chi connectivity index (χ2n) is 15.1. The molecule has 3 N–H and O–H groups in total. The summed E-state index contributed by atoms with van der Waals surface area (Å²) in [7, 11) is 1.64. The minimum absolute atomic E-state index is 0.241. The molecule has 0 unspecified atom stereocenters. The normalized spacial score (nSPS) is 15.3. The quantitative estimate of drug-likeness (QED) is 0.0780. The number of halogens is 3. The number of piperidine rings is 1. The highest BCUT2D eigenvalue weighted by Gasteiger charge is 2.24. The number of hydrogen-bond acceptors (Lipinski definition) is 10. The summed E-state index contributed by atoms with van der Waals surface area (Å²) in [6.45, 7) is 10.3. The van der Waals surface area contributed by atoms with Gasteiger partial charge in [0.2, 0.25) is 0 Å². The van der Waals surface area contributed by atoms with Crippen molar-refractivity contribution in [1.82, 2.24) is 24.8 Å². The molecule has 0 radical (unpaired) electrons. The fraction of sp³-hybridized carbons (Fsp3) is 0.409. The van der Waals surface area contributed by atoms with Crippen molar-refractivity contribution < 1.29 is 14.3 Å². The van der Waals surface area contributed by atoms with Crippen LogP contribution in [-0.2, 0) is 6.54 Å². The van der Waals surface area contributed by atoms with E-state index in [1.165, 1.54) is 70.3 Å². The molecule has 15 heteroatoms. The second kappa shape index (κ2) is 21.1. The fourth-order valence-electron chi connectivity index (χ4n) is 7.79. The van der Waals surface area contributed by atoms with Crippen LogP contribution in [0.25, 0.3) is 10.9 Å². The summed E-state index contributed by atoms with van der Waals surface area (Å²) in [5, 5.41) is 10.6. The number of piperazine rings is 1. The largest absolute Gasteiger partial charge is 0.493 e. The van der Waals surface area contributed by atoms with E-state index < -0.39 is 6.03 Å². The number of anilines is 4. The van der Waals surface area contributed by atoms with E-state index in [0.29, 0.717) is 41.2 Å². The third kappa shape index (κ3) is 12.0. The van der Waals surface area contributed by atoms with Crippen LogP contribution >= 0.6 is 34.8 Å². The maximum Gasteiger partial charge on any atom is 0.323 e. The number of aromatic nitrogens is 3. The monoisotopic (exact) mass is 859 g/mol. The van der Waals surface area contributed by atoms with E-state index in [4.69, 9.17) is 44.3 Å². The Labute approximate surface area is 361 Å². The van der Waals surface area contributed by atoms with E-state index in [2.05, 4.69) is 57.7 Å². The molecule has 0 saturated carbocycles. The first-order valence-corrected chi connectivity index (χ1v) is 21.6. The Kier molecular flexibility index (Phi) is 15.2. The molecule has 2 amide bonds. The number of carbonyl (C=O) groups excluding carboxylic acids is 1. The molecule has 4 heterocycles. The van der Waals surface area contributed by atoms with Gasteiger partial charge in [0.1, 0.15) is 18.0 Å². The van der Waals surface area contributed by atoms with Crippen LogP contribution in [-0.4, -0.2) is 96.9 Å².